The van der Waals surface area contributed by atoms with Gasteiger partial charge in [-0.1, -0.05) is 0 Å². The van der Waals surface area contributed by atoms with Gasteiger partial charge in [-0.3, -0.25) is 14.9 Å². The maximum Gasteiger partial charge on any atom is 0.316 e. The van der Waals surface area contributed by atoms with Gasteiger partial charge in [0.1, 0.15) is 0 Å². The Balaban J connectivity index is 3.00. The van der Waals surface area contributed by atoms with Gasteiger partial charge in [0.2, 0.25) is 0 Å². The number of nitrogens with zero attached hydrogens (tertiary/aromatic N) is 2. The van der Waals surface area contributed by atoms with Crippen molar-refractivity contribution in [3.05, 3.63) is 44.9 Å². The number of amides is 1. The Bertz CT molecular complexity index is 357. The van der Waals surface area contributed by atoms with Crippen LogP contribution in [0.25, 0.3) is 0 Å². The minimum Gasteiger partial charge on any atom is -0.263 e. The number of nitro groups is 1. The highest BCUT2D eigenvalue weighted by molar-refractivity contribution is 5.94. The predicted octanol–water partition coefficient (Wildman–Crippen LogP) is 1.50. The van der Waals surface area contributed by atoms with Crippen LogP contribution in [0.1, 0.15) is 10.4 Å². The Kier molecular flexibility index (Phi) is 2.44. The quantitative estimate of drug-likeness (QED) is 0.391. The summed E-state index contributed by atoms with van der Waals surface area (Å²) in [6.07, 6.45) is 0. The molecule has 0 aliphatic carbocycles. The fraction of sp³-hybridized carbons (Fsp3) is 0. The molecule has 1 rings (SSSR count). The van der Waals surface area contributed by atoms with Crippen LogP contribution in [0.3, 0.4) is 0 Å². The van der Waals surface area contributed by atoms with Gasteiger partial charge in [-0.2, -0.15) is 0 Å². The maximum atomic E-state index is 10.6. The number of non-ortho nitro benzene ring substituents is 1. The average molecular weight is 180 g/mol. The van der Waals surface area contributed by atoms with E-state index < -0.39 is 10.8 Å². The van der Waals surface area contributed by atoms with Crippen molar-refractivity contribution in [1.82, 2.24) is 0 Å². The van der Waals surface area contributed by atoms with Crippen molar-refractivity contribution in [3.63, 3.8) is 0 Å². The summed E-state index contributed by atoms with van der Waals surface area (Å²) in [7, 11) is 0. The lowest BCUT2D eigenvalue weighted by Crippen LogP contribution is -1.94. The molecule has 0 heterocycles. The van der Waals surface area contributed by atoms with Gasteiger partial charge in [-0.15, -0.1) is 4.91 Å². The summed E-state index contributed by atoms with van der Waals surface area (Å²) in [6, 6.07) is 4.64. The molecule has 1 aromatic rings. The Morgan fingerprint density at radius 3 is 2.23 bits per heavy atom. The molecule has 1 aromatic carbocycles. The van der Waals surface area contributed by atoms with Crippen molar-refractivity contribution < 1.29 is 9.72 Å². The summed E-state index contributed by atoms with van der Waals surface area (Å²) >= 11 is 0. The van der Waals surface area contributed by atoms with Crippen molar-refractivity contribution in [2.45, 2.75) is 0 Å². The van der Waals surface area contributed by atoms with Gasteiger partial charge in [0, 0.05) is 22.9 Å². The van der Waals surface area contributed by atoms with Crippen LogP contribution in [-0.2, 0) is 0 Å². The zero-order valence-electron chi connectivity index (χ0n) is 6.34. The smallest absolute Gasteiger partial charge is 0.263 e. The Labute approximate surface area is 72.3 Å². The first-order valence-electron chi connectivity index (χ1n) is 3.27. The first-order valence-corrected chi connectivity index (χ1v) is 3.27. The first kappa shape index (κ1) is 8.98. The van der Waals surface area contributed by atoms with Gasteiger partial charge in [0.25, 0.3) is 5.69 Å². The molecular formula is C7H4N2O4. The molecule has 13 heavy (non-hydrogen) atoms. The van der Waals surface area contributed by atoms with E-state index in [-0.39, 0.29) is 11.3 Å². The Morgan fingerprint density at radius 1 is 1.31 bits per heavy atom. The summed E-state index contributed by atoms with van der Waals surface area (Å²) in [5.41, 5.74) is -0.0944. The highest BCUT2D eigenvalue weighted by atomic mass is 16.6. The summed E-state index contributed by atoms with van der Waals surface area (Å²) in [6.45, 7) is 0. The Hall–Kier alpha value is -2.11. The van der Waals surface area contributed by atoms with Crippen molar-refractivity contribution in [2.75, 3.05) is 0 Å². The van der Waals surface area contributed by atoms with Crippen LogP contribution >= 0.6 is 0 Å². The normalized spacial score (nSPS) is 9.23. The molecule has 0 saturated heterocycles. The zero-order chi connectivity index (χ0) is 9.84. The summed E-state index contributed by atoms with van der Waals surface area (Å²) < 4.78 is 0. The SMILES string of the molecule is O=NC(=O)c1ccc([N+](=O)[O-])cc1. The molecule has 6 heteroatoms. The van der Waals surface area contributed by atoms with E-state index >= 15 is 0 Å². The first-order chi connectivity index (χ1) is 6.15. The van der Waals surface area contributed by atoms with Gasteiger partial charge in [0.15, 0.2) is 0 Å². The molecule has 0 bridgehead atoms. The van der Waals surface area contributed by atoms with E-state index in [0.717, 1.165) is 12.1 Å². The molecule has 0 spiro atoms. The number of hydrogen-bond donors (Lipinski definition) is 0. The van der Waals surface area contributed by atoms with Gasteiger partial charge < -0.3 is 0 Å². The molecule has 66 valence electrons. The number of hydrogen-bond acceptors (Lipinski definition) is 4. The minimum atomic E-state index is -0.935. The lowest BCUT2D eigenvalue weighted by Gasteiger charge is -1.91. The fourth-order valence-electron chi connectivity index (χ4n) is 0.778. The standard InChI is InChI=1S/C7H4N2O4/c10-7(8-11)5-1-3-6(4-2-5)9(12)13/h1-4H. The minimum absolute atomic E-state index is 0.0422. The van der Waals surface area contributed by atoms with E-state index in [9.17, 15) is 19.8 Å². The second-order valence-corrected chi connectivity index (χ2v) is 2.20. The van der Waals surface area contributed by atoms with Crippen molar-refractivity contribution >= 4 is 11.6 Å². The number of nitro benzene ring substituents is 1. The van der Waals surface area contributed by atoms with Gasteiger partial charge in [0.05, 0.1) is 4.92 Å². The molecule has 0 saturated carbocycles. The van der Waals surface area contributed by atoms with Gasteiger partial charge in [-0.25, -0.2) is 0 Å². The van der Waals surface area contributed by atoms with Crippen LogP contribution in [0.15, 0.2) is 29.4 Å². The monoisotopic (exact) mass is 180 g/mol. The van der Waals surface area contributed by atoms with Crippen molar-refractivity contribution in [3.8, 4) is 0 Å². The third kappa shape index (κ3) is 1.92. The third-order valence-corrected chi connectivity index (χ3v) is 1.41. The zero-order valence-corrected chi connectivity index (χ0v) is 6.34. The summed E-state index contributed by atoms with van der Waals surface area (Å²) in [4.78, 5) is 30.0. The average Bonchev–Trinajstić information content (AvgIpc) is 2.17. The molecule has 0 fully saturated rings. The maximum absolute atomic E-state index is 10.6. The highest BCUT2D eigenvalue weighted by Crippen LogP contribution is 2.12. The fourth-order valence-corrected chi connectivity index (χ4v) is 0.778. The molecule has 0 N–H and O–H groups in total. The van der Waals surface area contributed by atoms with Gasteiger partial charge in [-0.05, 0) is 12.1 Å². The van der Waals surface area contributed by atoms with E-state index in [4.69, 9.17) is 0 Å². The van der Waals surface area contributed by atoms with Gasteiger partial charge >= 0.3 is 5.91 Å². The molecule has 0 aromatic heterocycles. The van der Waals surface area contributed by atoms with Crippen LogP contribution in [0.4, 0.5) is 5.69 Å². The highest BCUT2D eigenvalue weighted by Gasteiger charge is 2.08. The van der Waals surface area contributed by atoms with Crippen LogP contribution in [0.2, 0.25) is 0 Å². The lowest BCUT2D eigenvalue weighted by molar-refractivity contribution is -0.384. The van der Waals surface area contributed by atoms with Crippen LogP contribution in [0, 0.1) is 15.0 Å². The third-order valence-electron chi connectivity index (χ3n) is 1.41. The van der Waals surface area contributed by atoms with Crippen LogP contribution in [-0.4, -0.2) is 10.8 Å². The summed E-state index contributed by atoms with van der Waals surface area (Å²) in [5.74, 6) is -0.935. The van der Waals surface area contributed by atoms with E-state index in [2.05, 4.69) is 5.18 Å². The molecule has 6 nitrogen and oxygen atoms in total. The van der Waals surface area contributed by atoms with Crippen molar-refractivity contribution in [1.29, 1.82) is 0 Å². The van der Waals surface area contributed by atoms with Crippen molar-refractivity contribution in [2.24, 2.45) is 5.18 Å². The molecule has 1 amide bonds. The van der Waals surface area contributed by atoms with E-state index in [0.29, 0.717) is 0 Å². The second-order valence-electron chi connectivity index (χ2n) is 2.20. The molecule has 0 atom stereocenters. The lowest BCUT2D eigenvalue weighted by atomic mass is 10.2. The Morgan fingerprint density at radius 2 is 1.85 bits per heavy atom. The van der Waals surface area contributed by atoms with Crippen LogP contribution < -0.4 is 0 Å². The number of carbonyl (C=O) groups excluding carboxylic acids is 1. The van der Waals surface area contributed by atoms with E-state index in [1.807, 2.05) is 0 Å². The number of benzene rings is 1. The molecule has 0 radical (unpaired) electrons. The molecule has 0 unspecified atom stereocenters. The second kappa shape index (κ2) is 3.53. The van der Waals surface area contributed by atoms with Crippen LogP contribution in [0.5, 0.6) is 0 Å². The molecule has 0 aliphatic heterocycles. The van der Waals surface area contributed by atoms with E-state index in [1.165, 1.54) is 12.1 Å². The molecule has 0 aliphatic rings. The number of nitroso groups, excluding NO2 is 1. The topological polar surface area (TPSA) is 89.6 Å². The number of carbonyl (C=O) groups is 1. The predicted molar refractivity (Wildman–Crippen MR) is 43.2 cm³/mol. The summed E-state index contributed by atoms with van der Waals surface area (Å²) in [5, 5.41) is 12.4. The molecular weight excluding hydrogens is 176 g/mol. The largest absolute Gasteiger partial charge is 0.316 e. The number of rotatable bonds is 2. The van der Waals surface area contributed by atoms with E-state index in [1.54, 1.807) is 0 Å².